The molecule has 2 aliphatic rings. The smallest absolute Gasteiger partial charge is 0.244 e. The number of hydrogen-bond donors (Lipinski definition) is 2. The Morgan fingerprint density at radius 1 is 1.23 bits per heavy atom. The van der Waals surface area contributed by atoms with Gasteiger partial charge in [0.1, 0.15) is 0 Å². The van der Waals surface area contributed by atoms with Crippen LogP contribution in [-0.2, 0) is 9.47 Å². The van der Waals surface area contributed by atoms with Gasteiger partial charge in [0.25, 0.3) is 0 Å². The Morgan fingerprint density at radius 2 is 2.14 bits per heavy atom. The van der Waals surface area contributed by atoms with Gasteiger partial charge in [0, 0.05) is 39.3 Å². The van der Waals surface area contributed by atoms with E-state index in [0.29, 0.717) is 5.95 Å². The van der Waals surface area contributed by atoms with Crippen LogP contribution in [0.25, 0.3) is 0 Å². The molecule has 1 aromatic rings. The normalized spacial score (nSPS) is 22.6. The van der Waals surface area contributed by atoms with Crippen LogP contribution in [0.1, 0.15) is 12.8 Å². The Morgan fingerprint density at radius 3 is 2.95 bits per heavy atom. The van der Waals surface area contributed by atoms with E-state index in [4.69, 9.17) is 9.47 Å². The van der Waals surface area contributed by atoms with E-state index < -0.39 is 0 Å². The number of nitrogens with zero attached hydrogens (tertiary/aromatic N) is 4. The minimum absolute atomic E-state index is 0.285. The topological polar surface area (TPSA) is 84.4 Å². The third-order valence-electron chi connectivity index (χ3n) is 3.91. The zero-order valence-corrected chi connectivity index (χ0v) is 12.8. The number of aromatic nitrogens is 3. The van der Waals surface area contributed by atoms with Crippen molar-refractivity contribution in [1.82, 2.24) is 20.1 Å². The van der Waals surface area contributed by atoms with Gasteiger partial charge in [-0.25, -0.2) is 0 Å². The molecule has 122 valence electrons. The molecule has 0 amide bonds. The van der Waals surface area contributed by atoms with Gasteiger partial charge in [-0.15, -0.1) is 5.10 Å². The minimum atomic E-state index is 0.285. The quantitative estimate of drug-likeness (QED) is 0.739. The van der Waals surface area contributed by atoms with Crippen molar-refractivity contribution in [3.8, 4) is 0 Å². The molecule has 1 unspecified atom stereocenters. The van der Waals surface area contributed by atoms with Gasteiger partial charge in [-0.2, -0.15) is 10.1 Å². The average molecular weight is 308 g/mol. The number of hydrogen-bond acceptors (Lipinski definition) is 8. The van der Waals surface area contributed by atoms with E-state index in [0.717, 1.165) is 71.2 Å². The molecule has 2 saturated heterocycles. The SMILES string of the molecule is c1nnc(NCCN2CCOCC2)nc1NCC1CCCO1. The molecular weight excluding hydrogens is 284 g/mol. The van der Waals surface area contributed by atoms with Crippen molar-refractivity contribution in [3.05, 3.63) is 6.20 Å². The molecule has 2 aliphatic heterocycles. The molecule has 0 aliphatic carbocycles. The second-order valence-electron chi connectivity index (χ2n) is 5.56. The lowest BCUT2D eigenvalue weighted by Gasteiger charge is -2.26. The largest absolute Gasteiger partial charge is 0.379 e. The fraction of sp³-hybridized carbons (Fsp3) is 0.786. The predicted octanol–water partition coefficient (Wildman–Crippen LogP) is 0.207. The first-order valence-corrected chi connectivity index (χ1v) is 7.99. The maximum Gasteiger partial charge on any atom is 0.244 e. The summed E-state index contributed by atoms with van der Waals surface area (Å²) in [6.45, 7) is 7.01. The van der Waals surface area contributed by atoms with Gasteiger partial charge >= 0.3 is 0 Å². The first kappa shape index (κ1) is 15.4. The summed E-state index contributed by atoms with van der Waals surface area (Å²) in [4.78, 5) is 6.79. The fourth-order valence-corrected chi connectivity index (χ4v) is 2.64. The monoisotopic (exact) mass is 308 g/mol. The molecule has 2 fully saturated rings. The van der Waals surface area contributed by atoms with Crippen LogP contribution >= 0.6 is 0 Å². The van der Waals surface area contributed by atoms with Crippen molar-refractivity contribution in [2.24, 2.45) is 0 Å². The molecular formula is C14H24N6O2. The Kier molecular flexibility index (Phi) is 5.74. The van der Waals surface area contributed by atoms with Crippen LogP contribution in [0, 0.1) is 0 Å². The number of anilines is 2. The van der Waals surface area contributed by atoms with E-state index in [1.807, 2.05) is 0 Å². The third kappa shape index (κ3) is 4.75. The van der Waals surface area contributed by atoms with Gasteiger partial charge in [-0.3, -0.25) is 4.90 Å². The van der Waals surface area contributed by atoms with E-state index in [9.17, 15) is 0 Å². The van der Waals surface area contributed by atoms with Gasteiger partial charge in [-0.1, -0.05) is 0 Å². The molecule has 3 heterocycles. The van der Waals surface area contributed by atoms with E-state index in [1.54, 1.807) is 6.20 Å². The van der Waals surface area contributed by atoms with Gasteiger partial charge < -0.3 is 20.1 Å². The lowest BCUT2D eigenvalue weighted by atomic mass is 10.2. The molecule has 8 heteroatoms. The first-order chi connectivity index (χ1) is 10.9. The van der Waals surface area contributed by atoms with E-state index in [1.165, 1.54) is 0 Å². The molecule has 0 bridgehead atoms. The van der Waals surface area contributed by atoms with Crippen molar-refractivity contribution in [1.29, 1.82) is 0 Å². The van der Waals surface area contributed by atoms with Crippen molar-refractivity contribution < 1.29 is 9.47 Å². The molecule has 8 nitrogen and oxygen atoms in total. The van der Waals surface area contributed by atoms with Crippen molar-refractivity contribution in [3.63, 3.8) is 0 Å². The van der Waals surface area contributed by atoms with Crippen molar-refractivity contribution in [2.75, 3.05) is 63.2 Å². The van der Waals surface area contributed by atoms with E-state index >= 15 is 0 Å². The highest BCUT2D eigenvalue weighted by Crippen LogP contribution is 2.12. The summed E-state index contributed by atoms with van der Waals surface area (Å²) in [6, 6.07) is 0. The summed E-state index contributed by atoms with van der Waals surface area (Å²) >= 11 is 0. The van der Waals surface area contributed by atoms with E-state index in [-0.39, 0.29) is 6.10 Å². The molecule has 0 saturated carbocycles. The Labute approximate surface area is 130 Å². The zero-order chi connectivity index (χ0) is 15.0. The summed E-state index contributed by atoms with van der Waals surface area (Å²) in [6.07, 6.45) is 4.17. The van der Waals surface area contributed by atoms with Crippen molar-refractivity contribution in [2.45, 2.75) is 18.9 Å². The van der Waals surface area contributed by atoms with Gasteiger partial charge in [0.2, 0.25) is 5.95 Å². The van der Waals surface area contributed by atoms with Crippen LogP contribution in [0.2, 0.25) is 0 Å². The predicted molar refractivity (Wildman–Crippen MR) is 83.0 cm³/mol. The minimum Gasteiger partial charge on any atom is -0.379 e. The number of nitrogens with one attached hydrogen (secondary N) is 2. The Bertz CT molecular complexity index is 449. The second kappa shape index (κ2) is 8.21. The van der Waals surface area contributed by atoms with Gasteiger partial charge in [-0.05, 0) is 12.8 Å². The maximum atomic E-state index is 5.58. The van der Waals surface area contributed by atoms with Gasteiger partial charge in [0.05, 0.1) is 25.5 Å². The van der Waals surface area contributed by atoms with Crippen LogP contribution in [-0.4, -0.2) is 78.7 Å². The summed E-state index contributed by atoms with van der Waals surface area (Å²) in [5.74, 6) is 1.30. The van der Waals surface area contributed by atoms with Crippen LogP contribution in [0.5, 0.6) is 0 Å². The number of ether oxygens (including phenoxy) is 2. The molecule has 0 radical (unpaired) electrons. The summed E-state index contributed by atoms with van der Waals surface area (Å²) in [7, 11) is 0. The van der Waals surface area contributed by atoms with Crippen LogP contribution in [0.15, 0.2) is 6.20 Å². The number of morpholine rings is 1. The van der Waals surface area contributed by atoms with Crippen LogP contribution in [0.3, 0.4) is 0 Å². The molecule has 0 spiro atoms. The fourth-order valence-electron chi connectivity index (χ4n) is 2.64. The summed E-state index contributed by atoms with van der Waals surface area (Å²) in [5.41, 5.74) is 0. The summed E-state index contributed by atoms with van der Waals surface area (Å²) in [5, 5.41) is 14.5. The molecule has 3 rings (SSSR count). The van der Waals surface area contributed by atoms with Crippen molar-refractivity contribution >= 4 is 11.8 Å². The third-order valence-corrected chi connectivity index (χ3v) is 3.91. The highest BCUT2D eigenvalue weighted by atomic mass is 16.5. The van der Waals surface area contributed by atoms with E-state index in [2.05, 4.69) is 30.7 Å². The molecule has 0 aromatic carbocycles. The first-order valence-electron chi connectivity index (χ1n) is 7.99. The average Bonchev–Trinajstić information content (AvgIpc) is 3.08. The standard InChI is InChI=1S/C14H24N6O2/c1-2-12(22-7-1)10-16-13-11-17-19-14(18-13)15-3-4-20-5-8-21-9-6-20/h11-12H,1-10H2,(H2,15,16,18,19). The highest BCUT2D eigenvalue weighted by molar-refractivity contribution is 5.36. The second-order valence-corrected chi connectivity index (χ2v) is 5.56. The molecule has 2 N–H and O–H groups in total. The Hall–Kier alpha value is -1.51. The molecule has 22 heavy (non-hydrogen) atoms. The summed E-state index contributed by atoms with van der Waals surface area (Å²) < 4.78 is 10.9. The highest BCUT2D eigenvalue weighted by Gasteiger charge is 2.15. The Balaban J connectivity index is 1.40. The van der Waals surface area contributed by atoms with Gasteiger partial charge in [0.15, 0.2) is 5.82 Å². The van der Waals surface area contributed by atoms with Crippen LogP contribution in [0.4, 0.5) is 11.8 Å². The van der Waals surface area contributed by atoms with Crippen LogP contribution < -0.4 is 10.6 Å². The molecule has 1 aromatic heterocycles. The zero-order valence-electron chi connectivity index (χ0n) is 12.8. The molecule has 1 atom stereocenters. The maximum absolute atomic E-state index is 5.58. The number of rotatable bonds is 7. The lowest BCUT2D eigenvalue weighted by Crippen LogP contribution is -2.39. The lowest BCUT2D eigenvalue weighted by molar-refractivity contribution is 0.0398.